The fourth-order valence-electron chi connectivity index (χ4n) is 1.53. The SMILES string of the molecule is C=C(C(=O)NCCO)C1=CCCCC1. The van der Waals surface area contributed by atoms with Gasteiger partial charge < -0.3 is 10.4 Å². The molecule has 0 bridgehead atoms. The molecule has 0 saturated carbocycles. The van der Waals surface area contributed by atoms with Crippen molar-refractivity contribution in [2.24, 2.45) is 0 Å². The van der Waals surface area contributed by atoms with Gasteiger partial charge in [0.1, 0.15) is 0 Å². The molecule has 0 radical (unpaired) electrons. The molecule has 0 unspecified atom stereocenters. The zero-order chi connectivity index (χ0) is 10.4. The number of aliphatic hydroxyl groups is 1. The molecule has 0 heterocycles. The van der Waals surface area contributed by atoms with Crippen molar-refractivity contribution >= 4 is 5.91 Å². The molecule has 2 N–H and O–H groups in total. The topological polar surface area (TPSA) is 49.3 Å². The van der Waals surface area contributed by atoms with E-state index in [0.717, 1.165) is 24.8 Å². The van der Waals surface area contributed by atoms with E-state index in [1.54, 1.807) is 0 Å². The van der Waals surface area contributed by atoms with Crippen molar-refractivity contribution in [2.75, 3.05) is 13.2 Å². The number of rotatable bonds is 4. The van der Waals surface area contributed by atoms with Crippen LogP contribution in [0, 0.1) is 0 Å². The van der Waals surface area contributed by atoms with E-state index in [4.69, 9.17) is 5.11 Å². The van der Waals surface area contributed by atoms with Crippen LogP contribution in [0.2, 0.25) is 0 Å². The predicted molar refractivity (Wildman–Crippen MR) is 55.8 cm³/mol. The van der Waals surface area contributed by atoms with Crippen LogP contribution in [0.1, 0.15) is 25.7 Å². The maximum absolute atomic E-state index is 11.4. The fraction of sp³-hybridized carbons (Fsp3) is 0.545. The van der Waals surface area contributed by atoms with Crippen molar-refractivity contribution in [3.63, 3.8) is 0 Å². The first-order valence-electron chi connectivity index (χ1n) is 5.03. The van der Waals surface area contributed by atoms with Crippen LogP contribution < -0.4 is 5.32 Å². The summed E-state index contributed by atoms with van der Waals surface area (Å²) in [7, 11) is 0. The Bertz CT molecular complexity index is 256. The molecule has 0 aromatic heterocycles. The lowest BCUT2D eigenvalue weighted by atomic mass is 9.94. The largest absolute Gasteiger partial charge is 0.395 e. The summed E-state index contributed by atoms with van der Waals surface area (Å²) in [6.07, 6.45) is 6.42. The van der Waals surface area contributed by atoms with Gasteiger partial charge in [0.05, 0.1) is 6.61 Å². The second kappa shape index (κ2) is 5.60. The van der Waals surface area contributed by atoms with Gasteiger partial charge in [-0.2, -0.15) is 0 Å². The van der Waals surface area contributed by atoms with Crippen molar-refractivity contribution in [3.05, 3.63) is 23.8 Å². The second-order valence-corrected chi connectivity index (χ2v) is 3.43. The summed E-state index contributed by atoms with van der Waals surface area (Å²) in [6.45, 7) is 4.04. The Morgan fingerprint density at radius 1 is 1.57 bits per heavy atom. The van der Waals surface area contributed by atoms with Crippen LogP contribution in [0.15, 0.2) is 23.8 Å². The minimum atomic E-state index is -0.160. The molecule has 1 aliphatic rings. The Morgan fingerprint density at radius 3 is 2.93 bits per heavy atom. The van der Waals surface area contributed by atoms with Gasteiger partial charge in [-0.1, -0.05) is 12.7 Å². The first-order chi connectivity index (χ1) is 6.75. The summed E-state index contributed by atoms with van der Waals surface area (Å²) >= 11 is 0. The fourth-order valence-corrected chi connectivity index (χ4v) is 1.53. The maximum Gasteiger partial charge on any atom is 0.251 e. The molecular weight excluding hydrogens is 178 g/mol. The molecule has 3 nitrogen and oxygen atoms in total. The smallest absolute Gasteiger partial charge is 0.251 e. The molecule has 1 aliphatic carbocycles. The highest BCUT2D eigenvalue weighted by Gasteiger charge is 2.13. The maximum atomic E-state index is 11.4. The van der Waals surface area contributed by atoms with Crippen molar-refractivity contribution in [1.82, 2.24) is 5.32 Å². The zero-order valence-corrected chi connectivity index (χ0v) is 8.38. The number of carbonyl (C=O) groups is 1. The summed E-state index contributed by atoms with van der Waals surface area (Å²) in [6, 6.07) is 0. The molecule has 14 heavy (non-hydrogen) atoms. The molecular formula is C11H17NO2. The van der Waals surface area contributed by atoms with Gasteiger partial charge in [-0.3, -0.25) is 4.79 Å². The first kappa shape index (κ1) is 11.0. The van der Waals surface area contributed by atoms with Gasteiger partial charge >= 0.3 is 0 Å². The number of aliphatic hydroxyl groups excluding tert-OH is 1. The lowest BCUT2D eigenvalue weighted by molar-refractivity contribution is -0.117. The van der Waals surface area contributed by atoms with Crippen LogP contribution in [-0.4, -0.2) is 24.2 Å². The lowest BCUT2D eigenvalue weighted by Crippen LogP contribution is -2.28. The van der Waals surface area contributed by atoms with E-state index in [1.165, 1.54) is 6.42 Å². The number of hydrogen-bond donors (Lipinski definition) is 2. The number of nitrogens with one attached hydrogen (secondary N) is 1. The summed E-state index contributed by atoms with van der Waals surface area (Å²) in [5.74, 6) is -0.160. The van der Waals surface area contributed by atoms with Gasteiger partial charge in [0, 0.05) is 12.1 Å². The number of carbonyl (C=O) groups excluding carboxylic acids is 1. The Kier molecular flexibility index (Phi) is 4.40. The van der Waals surface area contributed by atoms with Gasteiger partial charge in [0.2, 0.25) is 0 Å². The molecule has 1 amide bonds. The van der Waals surface area contributed by atoms with Gasteiger partial charge in [-0.05, 0) is 31.3 Å². The highest BCUT2D eigenvalue weighted by molar-refractivity contribution is 5.97. The van der Waals surface area contributed by atoms with Crippen LogP contribution in [-0.2, 0) is 4.79 Å². The monoisotopic (exact) mass is 195 g/mol. The molecule has 0 aromatic carbocycles. The molecule has 78 valence electrons. The lowest BCUT2D eigenvalue weighted by Gasteiger charge is -2.14. The highest BCUT2D eigenvalue weighted by atomic mass is 16.3. The zero-order valence-electron chi connectivity index (χ0n) is 8.38. The number of amides is 1. The van der Waals surface area contributed by atoms with Crippen molar-refractivity contribution in [3.8, 4) is 0 Å². The Labute approximate surface area is 84.5 Å². The van der Waals surface area contributed by atoms with Crippen molar-refractivity contribution in [2.45, 2.75) is 25.7 Å². The van der Waals surface area contributed by atoms with E-state index in [1.807, 2.05) is 0 Å². The van der Waals surface area contributed by atoms with Gasteiger partial charge in [0.15, 0.2) is 0 Å². The number of allylic oxidation sites excluding steroid dienone is 1. The third kappa shape index (κ3) is 3.00. The average Bonchev–Trinajstić information content (AvgIpc) is 2.26. The Morgan fingerprint density at radius 2 is 2.36 bits per heavy atom. The standard InChI is InChI=1S/C11H17NO2/c1-9(11(14)12-7-8-13)10-5-3-2-4-6-10/h5,13H,1-4,6-8H2,(H,12,14). The summed E-state index contributed by atoms with van der Waals surface area (Å²) in [5.41, 5.74) is 1.62. The number of hydrogen-bond acceptors (Lipinski definition) is 2. The highest BCUT2D eigenvalue weighted by Crippen LogP contribution is 2.22. The van der Waals surface area contributed by atoms with E-state index in [-0.39, 0.29) is 12.5 Å². The third-order valence-electron chi connectivity index (χ3n) is 2.35. The van der Waals surface area contributed by atoms with E-state index < -0.39 is 0 Å². The van der Waals surface area contributed by atoms with Crippen LogP contribution in [0.3, 0.4) is 0 Å². The third-order valence-corrected chi connectivity index (χ3v) is 2.35. The quantitative estimate of drug-likeness (QED) is 0.661. The van der Waals surface area contributed by atoms with Crippen LogP contribution in [0.5, 0.6) is 0 Å². The van der Waals surface area contributed by atoms with E-state index >= 15 is 0 Å². The molecule has 0 saturated heterocycles. The molecule has 3 heteroatoms. The normalized spacial score (nSPS) is 15.9. The molecule has 1 rings (SSSR count). The Hall–Kier alpha value is -1.09. The van der Waals surface area contributed by atoms with Gasteiger partial charge in [0.25, 0.3) is 5.91 Å². The van der Waals surface area contributed by atoms with E-state index in [9.17, 15) is 4.79 Å². The molecule has 0 aromatic rings. The van der Waals surface area contributed by atoms with Crippen LogP contribution >= 0.6 is 0 Å². The minimum absolute atomic E-state index is 0.0297. The average molecular weight is 195 g/mol. The summed E-state index contributed by atoms with van der Waals surface area (Å²) < 4.78 is 0. The van der Waals surface area contributed by atoms with Crippen LogP contribution in [0.25, 0.3) is 0 Å². The molecule has 0 spiro atoms. The van der Waals surface area contributed by atoms with E-state index in [0.29, 0.717) is 12.1 Å². The molecule has 0 atom stereocenters. The second-order valence-electron chi connectivity index (χ2n) is 3.43. The van der Waals surface area contributed by atoms with E-state index in [2.05, 4.69) is 18.0 Å². The summed E-state index contributed by atoms with van der Waals surface area (Å²) in [4.78, 5) is 11.4. The van der Waals surface area contributed by atoms with Gasteiger partial charge in [-0.15, -0.1) is 0 Å². The molecule has 0 fully saturated rings. The van der Waals surface area contributed by atoms with Gasteiger partial charge in [-0.25, -0.2) is 0 Å². The molecule has 0 aliphatic heterocycles. The summed E-state index contributed by atoms with van der Waals surface area (Å²) in [5, 5.41) is 11.1. The predicted octanol–water partition coefficient (Wildman–Crippen LogP) is 1.15. The minimum Gasteiger partial charge on any atom is -0.395 e. The van der Waals surface area contributed by atoms with Crippen molar-refractivity contribution in [1.29, 1.82) is 0 Å². The Balaban J connectivity index is 2.47. The van der Waals surface area contributed by atoms with Crippen molar-refractivity contribution < 1.29 is 9.90 Å². The first-order valence-corrected chi connectivity index (χ1v) is 5.03. The van der Waals surface area contributed by atoms with Crippen LogP contribution in [0.4, 0.5) is 0 Å².